The third-order valence-corrected chi connectivity index (χ3v) is 3.47. The van der Waals surface area contributed by atoms with Crippen LogP contribution in [0.5, 0.6) is 0 Å². The Morgan fingerprint density at radius 3 is 1.72 bits per heavy atom. The predicted octanol–water partition coefficient (Wildman–Crippen LogP) is -2.42. The van der Waals surface area contributed by atoms with Crippen molar-refractivity contribution in [2.45, 2.75) is 18.7 Å². The standard InChI is InChI=1S/C9H13NO5S2.K/c1-6-4-8(17(13,14)15)5-7(2)9(6)10-16(3,11)12;/h4-5,10H,1-3H3,(H,13,14,15);/q;+1/p-1. The predicted molar refractivity (Wildman–Crippen MR) is 62.3 cm³/mol. The van der Waals surface area contributed by atoms with Crippen LogP contribution in [0.1, 0.15) is 11.1 Å². The molecule has 1 aromatic carbocycles. The smallest absolute Gasteiger partial charge is 0.744 e. The van der Waals surface area contributed by atoms with Crippen molar-refractivity contribution in [3.8, 4) is 0 Å². The fourth-order valence-electron chi connectivity index (χ4n) is 1.41. The monoisotopic (exact) mass is 317 g/mol. The minimum absolute atomic E-state index is 0. The van der Waals surface area contributed by atoms with Crippen LogP contribution in [-0.2, 0) is 20.1 Å². The first kappa shape index (κ1) is 18.5. The number of hydrogen-bond acceptors (Lipinski definition) is 5. The Kier molecular flexibility index (Phi) is 6.49. The van der Waals surface area contributed by atoms with Crippen molar-refractivity contribution in [2.24, 2.45) is 0 Å². The normalized spacial score (nSPS) is 11.8. The topological polar surface area (TPSA) is 103 Å². The number of anilines is 1. The zero-order valence-corrected chi connectivity index (χ0v) is 15.3. The van der Waals surface area contributed by atoms with E-state index in [1.165, 1.54) is 13.8 Å². The molecule has 0 radical (unpaired) electrons. The molecule has 0 heterocycles. The maximum atomic E-state index is 11.1. The molecule has 0 bridgehead atoms. The van der Waals surface area contributed by atoms with Gasteiger partial charge in [-0.1, -0.05) is 0 Å². The quantitative estimate of drug-likeness (QED) is 0.494. The van der Waals surface area contributed by atoms with Crippen molar-refractivity contribution < 1.29 is 72.8 Å². The largest absolute Gasteiger partial charge is 1.00 e. The third kappa shape index (κ3) is 5.25. The number of hydrogen-bond donors (Lipinski definition) is 1. The molecule has 9 heteroatoms. The van der Waals surface area contributed by atoms with E-state index in [1.807, 2.05) is 0 Å². The molecule has 0 aliphatic carbocycles. The molecule has 18 heavy (non-hydrogen) atoms. The van der Waals surface area contributed by atoms with Crippen molar-refractivity contribution >= 4 is 25.8 Å². The van der Waals surface area contributed by atoms with Gasteiger partial charge in [-0.05, 0) is 37.1 Å². The zero-order valence-electron chi connectivity index (χ0n) is 10.5. The first-order valence-corrected chi connectivity index (χ1v) is 7.85. The Balaban J connectivity index is 0.00000289. The number of rotatable bonds is 3. The van der Waals surface area contributed by atoms with Gasteiger partial charge >= 0.3 is 51.4 Å². The van der Waals surface area contributed by atoms with Gasteiger partial charge < -0.3 is 4.55 Å². The number of aryl methyl sites for hydroxylation is 2. The maximum Gasteiger partial charge on any atom is 1.00 e. The molecule has 0 spiro atoms. The first-order chi connectivity index (χ1) is 7.50. The van der Waals surface area contributed by atoms with Gasteiger partial charge in [-0.25, -0.2) is 16.8 Å². The molecule has 6 nitrogen and oxygen atoms in total. The van der Waals surface area contributed by atoms with Gasteiger partial charge in [0, 0.05) is 0 Å². The van der Waals surface area contributed by atoms with Crippen LogP contribution in [0.4, 0.5) is 5.69 Å². The molecule has 0 unspecified atom stereocenters. The fourth-order valence-corrected chi connectivity index (χ4v) is 2.75. The molecule has 96 valence electrons. The Morgan fingerprint density at radius 2 is 1.44 bits per heavy atom. The van der Waals surface area contributed by atoms with E-state index in [0.717, 1.165) is 18.4 Å². The van der Waals surface area contributed by atoms with E-state index in [4.69, 9.17) is 0 Å². The summed E-state index contributed by atoms with van der Waals surface area (Å²) >= 11 is 0. The number of benzene rings is 1. The van der Waals surface area contributed by atoms with Gasteiger partial charge in [0.1, 0.15) is 10.1 Å². The Labute approximate surface area is 149 Å². The zero-order chi connectivity index (χ0) is 13.4. The average Bonchev–Trinajstić information content (AvgIpc) is 2.07. The second kappa shape index (κ2) is 6.31. The van der Waals surface area contributed by atoms with Crippen LogP contribution in [0.25, 0.3) is 0 Å². The van der Waals surface area contributed by atoms with Crippen LogP contribution in [-0.4, -0.2) is 27.6 Å². The molecule has 1 N–H and O–H groups in total. The van der Waals surface area contributed by atoms with E-state index in [9.17, 15) is 21.4 Å². The van der Waals surface area contributed by atoms with Crippen LogP contribution >= 0.6 is 0 Å². The summed E-state index contributed by atoms with van der Waals surface area (Å²) < 4.78 is 57.0. The summed E-state index contributed by atoms with van der Waals surface area (Å²) in [7, 11) is -7.98. The van der Waals surface area contributed by atoms with Crippen LogP contribution in [0, 0.1) is 13.8 Å². The maximum absolute atomic E-state index is 11.1. The molecule has 0 aliphatic heterocycles. The second-order valence-corrected chi connectivity index (χ2v) is 6.89. The summed E-state index contributed by atoms with van der Waals surface area (Å²) in [5.74, 6) is 0. The molecule has 1 rings (SSSR count). The number of nitrogens with one attached hydrogen (secondary N) is 1. The van der Waals surface area contributed by atoms with E-state index in [0.29, 0.717) is 16.8 Å². The first-order valence-electron chi connectivity index (χ1n) is 4.55. The van der Waals surface area contributed by atoms with Crippen LogP contribution in [0.3, 0.4) is 0 Å². The van der Waals surface area contributed by atoms with Crippen LogP contribution in [0.2, 0.25) is 0 Å². The molecule has 0 aromatic heterocycles. The van der Waals surface area contributed by atoms with Gasteiger partial charge in [-0.15, -0.1) is 0 Å². The Morgan fingerprint density at radius 1 is 1.06 bits per heavy atom. The van der Waals surface area contributed by atoms with E-state index < -0.39 is 20.1 Å². The fraction of sp³-hybridized carbons (Fsp3) is 0.333. The van der Waals surface area contributed by atoms with Gasteiger partial charge in [0.25, 0.3) is 0 Å². The molecule has 0 saturated heterocycles. The van der Waals surface area contributed by atoms with Gasteiger partial charge in [-0.2, -0.15) is 0 Å². The van der Waals surface area contributed by atoms with Crippen molar-refractivity contribution in [1.29, 1.82) is 0 Å². The minimum Gasteiger partial charge on any atom is -0.744 e. The third-order valence-electron chi connectivity index (χ3n) is 2.08. The summed E-state index contributed by atoms with van der Waals surface area (Å²) in [6, 6.07) is 2.28. The average molecular weight is 317 g/mol. The molecule has 1 aromatic rings. The second-order valence-electron chi connectivity index (χ2n) is 3.76. The van der Waals surface area contributed by atoms with E-state index in [-0.39, 0.29) is 56.3 Å². The summed E-state index contributed by atoms with van der Waals surface area (Å²) in [5, 5.41) is 0. The van der Waals surface area contributed by atoms with Crippen molar-refractivity contribution in [1.82, 2.24) is 0 Å². The SMILES string of the molecule is Cc1cc(S(=O)(=O)[O-])cc(C)c1NS(C)(=O)=O.[K+]. The van der Waals surface area contributed by atoms with Crippen LogP contribution in [0.15, 0.2) is 17.0 Å². The van der Waals surface area contributed by atoms with Gasteiger partial charge in [0.05, 0.1) is 16.8 Å². The van der Waals surface area contributed by atoms with E-state index in [2.05, 4.69) is 4.72 Å². The number of sulfonamides is 1. The molecular formula is C9H12KNO5S2. The molecule has 0 amide bonds. The summed E-state index contributed by atoms with van der Waals surface area (Å²) in [6.07, 6.45) is 0.990. The van der Waals surface area contributed by atoms with Crippen molar-refractivity contribution in [2.75, 3.05) is 11.0 Å². The Hall–Kier alpha value is 0.516. The molecule has 0 saturated carbocycles. The molecule has 0 aliphatic rings. The van der Waals surface area contributed by atoms with E-state index >= 15 is 0 Å². The molecular weight excluding hydrogens is 305 g/mol. The summed E-state index contributed by atoms with van der Waals surface area (Å²) in [5.41, 5.74) is 1.05. The van der Waals surface area contributed by atoms with E-state index in [1.54, 1.807) is 0 Å². The minimum atomic E-state index is -4.54. The van der Waals surface area contributed by atoms with Crippen molar-refractivity contribution in [3.63, 3.8) is 0 Å². The Bertz CT molecular complexity index is 629. The van der Waals surface area contributed by atoms with Crippen molar-refractivity contribution in [3.05, 3.63) is 23.3 Å². The van der Waals surface area contributed by atoms with Crippen LogP contribution < -0.4 is 56.1 Å². The molecule has 0 fully saturated rings. The van der Waals surface area contributed by atoms with Gasteiger partial charge in [-0.3, -0.25) is 4.72 Å². The van der Waals surface area contributed by atoms with Gasteiger partial charge in [0.15, 0.2) is 0 Å². The summed E-state index contributed by atoms with van der Waals surface area (Å²) in [4.78, 5) is -0.369. The summed E-state index contributed by atoms with van der Waals surface area (Å²) in [6.45, 7) is 3.05. The van der Waals surface area contributed by atoms with Gasteiger partial charge in [0.2, 0.25) is 10.0 Å². The molecule has 0 atom stereocenters.